The van der Waals surface area contributed by atoms with Crippen molar-refractivity contribution in [3.8, 4) is 0 Å². The molecule has 1 aromatic heterocycles. The standard InChI is InChI=1S/C12H16N2O2S/c1-7-4-5-14(6-7)12-13-9(8-2-3-8)10(17-12)11(15)16/h7-8H,2-6H2,1H3,(H,15,16). The van der Waals surface area contributed by atoms with E-state index >= 15 is 0 Å². The van der Waals surface area contributed by atoms with Crippen molar-refractivity contribution in [3.05, 3.63) is 10.6 Å². The number of hydrogen-bond donors (Lipinski definition) is 1. The largest absolute Gasteiger partial charge is 0.477 e. The van der Waals surface area contributed by atoms with Crippen molar-refractivity contribution < 1.29 is 9.90 Å². The first-order valence-corrected chi connectivity index (χ1v) is 6.95. The second-order valence-corrected chi connectivity index (χ2v) is 6.11. The fourth-order valence-electron chi connectivity index (χ4n) is 2.35. The van der Waals surface area contributed by atoms with Crippen LogP contribution in [0.2, 0.25) is 0 Å². The molecule has 0 spiro atoms. The highest BCUT2D eigenvalue weighted by Crippen LogP contribution is 2.44. The van der Waals surface area contributed by atoms with Gasteiger partial charge in [0.1, 0.15) is 4.88 Å². The van der Waals surface area contributed by atoms with Gasteiger partial charge in [-0.2, -0.15) is 0 Å². The Morgan fingerprint density at radius 3 is 2.76 bits per heavy atom. The molecule has 1 aliphatic heterocycles. The lowest BCUT2D eigenvalue weighted by Gasteiger charge is -2.13. The minimum Gasteiger partial charge on any atom is -0.477 e. The maximum atomic E-state index is 11.2. The summed E-state index contributed by atoms with van der Waals surface area (Å²) in [6.45, 7) is 4.25. The van der Waals surface area contributed by atoms with Crippen LogP contribution in [0.5, 0.6) is 0 Å². The Morgan fingerprint density at radius 2 is 2.24 bits per heavy atom. The molecule has 0 bridgehead atoms. The summed E-state index contributed by atoms with van der Waals surface area (Å²) in [4.78, 5) is 18.5. The minimum absolute atomic E-state index is 0.408. The summed E-state index contributed by atoms with van der Waals surface area (Å²) in [5, 5.41) is 10.1. The Labute approximate surface area is 104 Å². The first kappa shape index (κ1) is 11.0. The molecule has 4 nitrogen and oxygen atoms in total. The molecular formula is C12H16N2O2S. The van der Waals surface area contributed by atoms with Gasteiger partial charge in [-0.25, -0.2) is 9.78 Å². The number of rotatable bonds is 3. The van der Waals surface area contributed by atoms with Crippen LogP contribution in [0.3, 0.4) is 0 Å². The lowest BCUT2D eigenvalue weighted by Crippen LogP contribution is -2.18. The van der Waals surface area contributed by atoms with Gasteiger partial charge in [-0.3, -0.25) is 0 Å². The van der Waals surface area contributed by atoms with Crippen molar-refractivity contribution in [1.29, 1.82) is 0 Å². The molecule has 1 atom stereocenters. The molecule has 2 aliphatic rings. The first-order chi connectivity index (χ1) is 8.15. The van der Waals surface area contributed by atoms with E-state index in [0.29, 0.717) is 16.7 Å². The fourth-order valence-corrected chi connectivity index (χ4v) is 3.38. The fraction of sp³-hybridized carbons (Fsp3) is 0.667. The predicted molar refractivity (Wildman–Crippen MR) is 67.0 cm³/mol. The SMILES string of the molecule is CC1CCN(c2nc(C3CC3)c(C(=O)O)s2)C1. The van der Waals surface area contributed by atoms with E-state index in [2.05, 4.69) is 16.8 Å². The third kappa shape index (κ3) is 2.04. The number of nitrogens with zero attached hydrogens (tertiary/aromatic N) is 2. The minimum atomic E-state index is -0.817. The molecule has 1 aliphatic carbocycles. The van der Waals surface area contributed by atoms with Crippen LogP contribution in [-0.4, -0.2) is 29.1 Å². The summed E-state index contributed by atoms with van der Waals surface area (Å²) in [6, 6.07) is 0. The highest BCUT2D eigenvalue weighted by molar-refractivity contribution is 7.17. The van der Waals surface area contributed by atoms with E-state index in [1.54, 1.807) is 0 Å². The molecule has 1 saturated heterocycles. The van der Waals surface area contributed by atoms with E-state index in [-0.39, 0.29) is 0 Å². The zero-order valence-electron chi connectivity index (χ0n) is 9.85. The molecular weight excluding hydrogens is 236 g/mol. The maximum Gasteiger partial charge on any atom is 0.347 e. The van der Waals surface area contributed by atoms with Gasteiger partial charge < -0.3 is 10.0 Å². The zero-order chi connectivity index (χ0) is 12.0. The summed E-state index contributed by atoms with van der Waals surface area (Å²) >= 11 is 1.35. The van der Waals surface area contributed by atoms with Gasteiger partial charge in [-0.1, -0.05) is 18.3 Å². The molecule has 92 valence electrons. The van der Waals surface area contributed by atoms with Crippen LogP contribution in [0.4, 0.5) is 5.13 Å². The molecule has 1 N–H and O–H groups in total. The number of hydrogen-bond acceptors (Lipinski definition) is 4. The van der Waals surface area contributed by atoms with Gasteiger partial charge in [0.2, 0.25) is 0 Å². The number of thiazole rings is 1. The number of aromatic carboxylic acids is 1. The van der Waals surface area contributed by atoms with E-state index < -0.39 is 5.97 Å². The van der Waals surface area contributed by atoms with E-state index in [4.69, 9.17) is 0 Å². The number of anilines is 1. The van der Waals surface area contributed by atoms with Gasteiger partial charge >= 0.3 is 5.97 Å². The zero-order valence-corrected chi connectivity index (χ0v) is 10.7. The Kier molecular flexibility index (Phi) is 2.58. The highest BCUT2D eigenvalue weighted by Gasteiger charge is 2.33. The van der Waals surface area contributed by atoms with Gasteiger partial charge in [0.05, 0.1) is 5.69 Å². The van der Waals surface area contributed by atoms with Crippen molar-refractivity contribution in [2.45, 2.75) is 32.1 Å². The van der Waals surface area contributed by atoms with Crippen LogP contribution in [0.15, 0.2) is 0 Å². The van der Waals surface area contributed by atoms with E-state index in [1.807, 2.05) is 0 Å². The molecule has 2 heterocycles. The number of carboxylic acid groups (broad SMARTS) is 1. The normalized spacial score (nSPS) is 24.3. The molecule has 1 unspecified atom stereocenters. The third-order valence-electron chi connectivity index (χ3n) is 3.49. The summed E-state index contributed by atoms with van der Waals surface area (Å²) in [7, 11) is 0. The van der Waals surface area contributed by atoms with Crippen molar-refractivity contribution >= 4 is 22.4 Å². The quantitative estimate of drug-likeness (QED) is 0.898. The Morgan fingerprint density at radius 1 is 1.47 bits per heavy atom. The summed E-state index contributed by atoms with van der Waals surface area (Å²) in [6.07, 6.45) is 3.38. The van der Waals surface area contributed by atoms with Crippen LogP contribution < -0.4 is 4.90 Å². The van der Waals surface area contributed by atoms with Crippen molar-refractivity contribution in [3.63, 3.8) is 0 Å². The molecule has 5 heteroatoms. The van der Waals surface area contributed by atoms with Gasteiger partial charge in [0.15, 0.2) is 5.13 Å². The second-order valence-electron chi connectivity index (χ2n) is 5.13. The van der Waals surface area contributed by atoms with E-state index in [9.17, 15) is 9.90 Å². The average Bonchev–Trinajstić information content (AvgIpc) is 2.87. The molecule has 1 aromatic rings. The van der Waals surface area contributed by atoms with Gasteiger partial charge in [0, 0.05) is 19.0 Å². The Balaban J connectivity index is 1.90. The lowest BCUT2D eigenvalue weighted by molar-refractivity contribution is 0.0700. The van der Waals surface area contributed by atoms with Gasteiger partial charge in [-0.15, -0.1) is 0 Å². The van der Waals surface area contributed by atoms with Crippen LogP contribution >= 0.6 is 11.3 Å². The number of carboxylic acids is 1. The monoisotopic (exact) mass is 252 g/mol. The predicted octanol–water partition coefficient (Wildman–Crippen LogP) is 2.56. The summed E-state index contributed by atoms with van der Waals surface area (Å²) < 4.78 is 0. The smallest absolute Gasteiger partial charge is 0.347 e. The topological polar surface area (TPSA) is 53.4 Å². The molecule has 17 heavy (non-hydrogen) atoms. The highest BCUT2D eigenvalue weighted by atomic mass is 32.1. The maximum absolute atomic E-state index is 11.2. The number of aromatic nitrogens is 1. The summed E-state index contributed by atoms with van der Waals surface area (Å²) in [5.41, 5.74) is 0.831. The first-order valence-electron chi connectivity index (χ1n) is 6.14. The van der Waals surface area contributed by atoms with Gasteiger partial charge in [0.25, 0.3) is 0 Å². The molecule has 2 fully saturated rings. The number of carbonyl (C=O) groups is 1. The molecule has 0 amide bonds. The summed E-state index contributed by atoms with van der Waals surface area (Å²) in [5.74, 6) is 0.283. The van der Waals surface area contributed by atoms with Crippen LogP contribution in [0.25, 0.3) is 0 Å². The van der Waals surface area contributed by atoms with E-state index in [0.717, 1.165) is 36.8 Å². The van der Waals surface area contributed by atoms with Crippen molar-refractivity contribution in [1.82, 2.24) is 4.98 Å². The molecule has 1 saturated carbocycles. The van der Waals surface area contributed by atoms with Crippen LogP contribution in [-0.2, 0) is 0 Å². The molecule has 0 radical (unpaired) electrons. The second kappa shape index (κ2) is 3.98. The molecule has 3 rings (SSSR count). The Bertz CT molecular complexity index is 453. The third-order valence-corrected chi connectivity index (χ3v) is 4.61. The van der Waals surface area contributed by atoms with E-state index in [1.165, 1.54) is 17.8 Å². The van der Waals surface area contributed by atoms with Crippen molar-refractivity contribution in [2.75, 3.05) is 18.0 Å². The van der Waals surface area contributed by atoms with Crippen LogP contribution in [0.1, 0.15) is 47.5 Å². The van der Waals surface area contributed by atoms with Crippen LogP contribution in [0, 0.1) is 5.92 Å². The Hall–Kier alpha value is -1.10. The van der Waals surface area contributed by atoms with Crippen molar-refractivity contribution in [2.24, 2.45) is 5.92 Å². The molecule has 0 aromatic carbocycles. The van der Waals surface area contributed by atoms with Gasteiger partial charge in [-0.05, 0) is 25.2 Å². The lowest BCUT2D eigenvalue weighted by atomic mass is 10.2. The average molecular weight is 252 g/mol.